The highest BCUT2D eigenvalue weighted by Gasteiger charge is 2.25. The van der Waals surface area contributed by atoms with E-state index in [1.807, 2.05) is 0 Å². The molecule has 0 aromatic heterocycles. The fourth-order valence-electron chi connectivity index (χ4n) is 1.85. The average molecular weight is 166 g/mol. The van der Waals surface area contributed by atoms with Gasteiger partial charge < -0.3 is 0 Å². The van der Waals surface area contributed by atoms with Crippen molar-refractivity contribution in [1.29, 1.82) is 0 Å². The number of allylic oxidation sites excluding steroid dienone is 2. The molecule has 12 heavy (non-hydrogen) atoms. The topological polar surface area (TPSA) is 17.1 Å². The molecule has 0 heterocycles. The van der Waals surface area contributed by atoms with E-state index in [-0.39, 0.29) is 5.78 Å². The van der Waals surface area contributed by atoms with Crippen LogP contribution < -0.4 is 0 Å². The molecule has 1 heteroatoms. The second-order valence-corrected chi connectivity index (χ2v) is 4.15. The second kappa shape index (κ2) is 3.42. The quantitative estimate of drug-likeness (QED) is 0.585. The first kappa shape index (κ1) is 9.50. The van der Waals surface area contributed by atoms with Gasteiger partial charge in [0.1, 0.15) is 0 Å². The third kappa shape index (κ3) is 1.77. The first-order valence-corrected chi connectivity index (χ1v) is 4.74. The summed E-state index contributed by atoms with van der Waals surface area (Å²) < 4.78 is 0. The summed E-state index contributed by atoms with van der Waals surface area (Å²) in [5.41, 5.74) is 1.04. The zero-order valence-corrected chi connectivity index (χ0v) is 8.42. The van der Waals surface area contributed by atoms with Gasteiger partial charge in [0.25, 0.3) is 0 Å². The maximum absolute atomic E-state index is 11.1. The third-order valence-corrected chi connectivity index (χ3v) is 3.19. The third-order valence-electron chi connectivity index (χ3n) is 3.19. The summed E-state index contributed by atoms with van der Waals surface area (Å²) >= 11 is 0. The van der Waals surface area contributed by atoms with Gasteiger partial charge in [0.05, 0.1) is 0 Å². The van der Waals surface area contributed by atoms with Gasteiger partial charge in [0, 0.05) is 0 Å². The lowest BCUT2D eigenvalue weighted by atomic mass is 9.75. The zero-order chi connectivity index (χ0) is 9.30. The van der Waals surface area contributed by atoms with Crippen molar-refractivity contribution in [3.8, 4) is 0 Å². The molecule has 0 aliphatic heterocycles. The van der Waals surface area contributed by atoms with Gasteiger partial charge in [-0.1, -0.05) is 26.8 Å². The van der Waals surface area contributed by atoms with E-state index < -0.39 is 0 Å². The molecular weight excluding hydrogens is 148 g/mol. The maximum Gasteiger partial charge on any atom is 0.155 e. The summed E-state index contributed by atoms with van der Waals surface area (Å²) in [5.74, 6) is 2.19. The molecule has 0 saturated heterocycles. The SMILES string of the molecule is CC(=O)C1=C[C@@H](C)[C@H](C)[C@@H](C)C1. The van der Waals surface area contributed by atoms with Crippen LogP contribution in [0.1, 0.15) is 34.1 Å². The smallest absolute Gasteiger partial charge is 0.155 e. The molecule has 0 amide bonds. The molecule has 0 N–H and O–H groups in total. The van der Waals surface area contributed by atoms with Crippen LogP contribution >= 0.6 is 0 Å². The first-order chi connectivity index (χ1) is 5.52. The Morgan fingerprint density at radius 3 is 2.42 bits per heavy atom. The highest BCUT2D eigenvalue weighted by Crippen LogP contribution is 2.33. The largest absolute Gasteiger partial charge is 0.295 e. The molecule has 68 valence electrons. The van der Waals surface area contributed by atoms with Gasteiger partial charge in [0.2, 0.25) is 0 Å². The summed E-state index contributed by atoms with van der Waals surface area (Å²) in [6.07, 6.45) is 3.12. The molecule has 1 aliphatic rings. The van der Waals surface area contributed by atoms with Crippen molar-refractivity contribution >= 4 is 5.78 Å². The average Bonchev–Trinajstić information content (AvgIpc) is 1.99. The molecule has 0 spiro atoms. The van der Waals surface area contributed by atoms with E-state index in [0.717, 1.165) is 12.0 Å². The van der Waals surface area contributed by atoms with Crippen molar-refractivity contribution < 1.29 is 4.79 Å². The Balaban J connectivity index is 2.81. The van der Waals surface area contributed by atoms with Gasteiger partial charge in [-0.25, -0.2) is 0 Å². The normalized spacial score (nSPS) is 36.0. The number of rotatable bonds is 1. The highest BCUT2D eigenvalue weighted by atomic mass is 16.1. The van der Waals surface area contributed by atoms with Crippen molar-refractivity contribution in [2.45, 2.75) is 34.1 Å². The molecule has 0 aromatic carbocycles. The van der Waals surface area contributed by atoms with Gasteiger partial charge in [-0.3, -0.25) is 4.79 Å². The molecule has 0 bridgehead atoms. The summed E-state index contributed by atoms with van der Waals surface area (Å²) in [5, 5.41) is 0. The highest BCUT2D eigenvalue weighted by molar-refractivity contribution is 5.93. The van der Waals surface area contributed by atoms with Crippen LogP contribution in [0.25, 0.3) is 0 Å². The van der Waals surface area contributed by atoms with Crippen LogP contribution in [0.15, 0.2) is 11.6 Å². The van der Waals surface area contributed by atoms with E-state index in [0.29, 0.717) is 17.8 Å². The van der Waals surface area contributed by atoms with E-state index in [1.165, 1.54) is 0 Å². The fraction of sp³-hybridized carbons (Fsp3) is 0.727. The van der Waals surface area contributed by atoms with E-state index in [4.69, 9.17) is 0 Å². The monoisotopic (exact) mass is 166 g/mol. The Hall–Kier alpha value is -0.590. The van der Waals surface area contributed by atoms with Crippen LogP contribution in [0, 0.1) is 17.8 Å². The fourth-order valence-corrected chi connectivity index (χ4v) is 1.85. The van der Waals surface area contributed by atoms with Crippen LogP contribution in [0.4, 0.5) is 0 Å². The van der Waals surface area contributed by atoms with Crippen LogP contribution in [0.5, 0.6) is 0 Å². The number of carbonyl (C=O) groups excluding carboxylic acids is 1. The van der Waals surface area contributed by atoms with Gasteiger partial charge in [-0.05, 0) is 36.7 Å². The van der Waals surface area contributed by atoms with Crippen molar-refractivity contribution in [2.24, 2.45) is 17.8 Å². The predicted molar refractivity (Wildman–Crippen MR) is 50.9 cm³/mol. The lowest BCUT2D eigenvalue weighted by molar-refractivity contribution is -0.114. The number of ketones is 1. The van der Waals surface area contributed by atoms with Crippen LogP contribution in [-0.2, 0) is 4.79 Å². The number of carbonyl (C=O) groups is 1. The Morgan fingerprint density at radius 2 is 2.00 bits per heavy atom. The van der Waals surface area contributed by atoms with Crippen molar-refractivity contribution in [1.82, 2.24) is 0 Å². The van der Waals surface area contributed by atoms with Crippen molar-refractivity contribution in [3.63, 3.8) is 0 Å². The minimum Gasteiger partial charge on any atom is -0.295 e. The lowest BCUT2D eigenvalue weighted by Crippen LogP contribution is -2.22. The number of Topliss-reactive ketones (excluding diaryl/α,β-unsaturated/α-hetero) is 1. The lowest BCUT2D eigenvalue weighted by Gasteiger charge is -2.30. The molecule has 0 unspecified atom stereocenters. The summed E-state index contributed by atoms with van der Waals surface area (Å²) in [6, 6.07) is 0. The maximum atomic E-state index is 11.1. The van der Waals surface area contributed by atoms with Gasteiger partial charge in [0.15, 0.2) is 5.78 Å². The second-order valence-electron chi connectivity index (χ2n) is 4.15. The van der Waals surface area contributed by atoms with Crippen molar-refractivity contribution in [3.05, 3.63) is 11.6 Å². The molecule has 0 radical (unpaired) electrons. The molecule has 0 aromatic rings. The molecule has 0 saturated carbocycles. The van der Waals surface area contributed by atoms with Gasteiger partial charge >= 0.3 is 0 Å². The van der Waals surface area contributed by atoms with E-state index in [9.17, 15) is 4.79 Å². The first-order valence-electron chi connectivity index (χ1n) is 4.74. The molecular formula is C11H18O. The Kier molecular flexibility index (Phi) is 2.71. The molecule has 0 fully saturated rings. The Morgan fingerprint density at radius 1 is 1.42 bits per heavy atom. The van der Waals surface area contributed by atoms with Gasteiger partial charge in [-0.15, -0.1) is 0 Å². The van der Waals surface area contributed by atoms with Crippen molar-refractivity contribution in [2.75, 3.05) is 0 Å². The molecule has 1 aliphatic carbocycles. The van der Waals surface area contributed by atoms with Gasteiger partial charge in [-0.2, -0.15) is 0 Å². The summed E-state index contributed by atoms with van der Waals surface area (Å²) in [6.45, 7) is 8.37. The van der Waals surface area contributed by atoms with Crippen LogP contribution in [0.3, 0.4) is 0 Å². The van der Waals surface area contributed by atoms with E-state index in [1.54, 1.807) is 6.92 Å². The minimum absolute atomic E-state index is 0.251. The minimum atomic E-state index is 0.251. The zero-order valence-electron chi connectivity index (χ0n) is 8.42. The van der Waals surface area contributed by atoms with E-state index >= 15 is 0 Å². The summed E-state index contributed by atoms with van der Waals surface area (Å²) in [4.78, 5) is 11.1. The standard InChI is InChI=1S/C11H18O/c1-7-5-11(10(4)12)6-8(2)9(7)3/h5,7-9H,6H2,1-4H3/t7-,8+,9+/m1/s1. The van der Waals surface area contributed by atoms with Crippen LogP contribution in [-0.4, -0.2) is 5.78 Å². The number of hydrogen-bond acceptors (Lipinski definition) is 1. The molecule has 1 nitrogen and oxygen atoms in total. The van der Waals surface area contributed by atoms with Crippen LogP contribution in [0.2, 0.25) is 0 Å². The number of hydrogen-bond donors (Lipinski definition) is 0. The summed E-state index contributed by atoms with van der Waals surface area (Å²) in [7, 11) is 0. The molecule has 3 atom stereocenters. The Labute approximate surface area is 74.9 Å². The predicted octanol–water partition coefficient (Wildman–Crippen LogP) is 2.81. The molecule has 1 rings (SSSR count). The Bertz CT molecular complexity index is 215. The van der Waals surface area contributed by atoms with E-state index in [2.05, 4.69) is 26.8 Å².